The van der Waals surface area contributed by atoms with E-state index >= 15 is 0 Å². The van der Waals surface area contributed by atoms with Crippen LogP contribution in [0.15, 0.2) is 86.6 Å². The van der Waals surface area contributed by atoms with Crippen LogP contribution in [0.4, 0.5) is 5.13 Å². The molecular formula is C25H17N3O3S2. The molecule has 0 spiro atoms. The summed E-state index contributed by atoms with van der Waals surface area (Å²) in [4.78, 5) is 31.5. The van der Waals surface area contributed by atoms with E-state index in [1.165, 1.54) is 46.2 Å². The van der Waals surface area contributed by atoms with Gasteiger partial charge in [0.25, 0.3) is 5.91 Å². The van der Waals surface area contributed by atoms with Crippen LogP contribution in [0.1, 0.15) is 16.0 Å². The van der Waals surface area contributed by atoms with Crippen molar-refractivity contribution in [2.24, 2.45) is 5.10 Å². The van der Waals surface area contributed by atoms with E-state index in [9.17, 15) is 9.59 Å². The quantitative estimate of drug-likeness (QED) is 0.183. The van der Waals surface area contributed by atoms with Gasteiger partial charge in [-0.3, -0.25) is 9.59 Å². The molecule has 33 heavy (non-hydrogen) atoms. The first kappa shape index (κ1) is 21.0. The highest BCUT2D eigenvalue weighted by atomic mass is 32.1. The first-order valence-corrected chi connectivity index (χ1v) is 11.8. The summed E-state index contributed by atoms with van der Waals surface area (Å²) in [6, 6.07) is 16.7. The topological polar surface area (TPSA) is 75.8 Å². The highest BCUT2D eigenvalue weighted by Crippen LogP contribution is 2.30. The Morgan fingerprint density at radius 1 is 1.15 bits per heavy atom. The van der Waals surface area contributed by atoms with Crippen LogP contribution in [-0.2, 0) is 4.79 Å². The van der Waals surface area contributed by atoms with Crippen molar-refractivity contribution in [3.8, 4) is 0 Å². The number of aromatic nitrogens is 1. The Hall–Kier alpha value is -3.88. The van der Waals surface area contributed by atoms with Crippen molar-refractivity contribution in [3.05, 3.63) is 98.5 Å². The highest BCUT2D eigenvalue weighted by Gasteiger charge is 2.18. The summed E-state index contributed by atoms with van der Waals surface area (Å²) in [5, 5.41) is 8.36. The molecule has 0 unspecified atom stereocenters. The van der Waals surface area contributed by atoms with Crippen molar-refractivity contribution in [2.75, 3.05) is 5.01 Å². The number of fused-ring (bicyclic) bond motifs is 2. The summed E-state index contributed by atoms with van der Waals surface area (Å²) in [6.07, 6.45) is 5.87. The second kappa shape index (κ2) is 8.93. The number of thiazole rings is 1. The number of amides is 1. The summed E-state index contributed by atoms with van der Waals surface area (Å²) in [5.74, 6) is -0.374. The van der Waals surface area contributed by atoms with Gasteiger partial charge in [-0.15, -0.1) is 11.3 Å². The molecule has 0 fully saturated rings. The third-order valence-electron chi connectivity index (χ3n) is 4.87. The Kier molecular flexibility index (Phi) is 5.68. The van der Waals surface area contributed by atoms with E-state index in [0.717, 1.165) is 20.7 Å². The molecule has 0 aliphatic rings. The highest BCUT2D eigenvalue weighted by molar-refractivity contribution is 7.22. The van der Waals surface area contributed by atoms with Crippen LogP contribution >= 0.6 is 22.7 Å². The van der Waals surface area contributed by atoms with Crippen molar-refractivity contribution in [2.45, 2.75) is 6.92 Å². The van der Waals surface area contributed by atoms with E-state index in [0.29, 0.717) is 16.1 Å². The molecule has 5 aromatic rings. The van der Waals surface area contributed by atoms with Gasteiger partial charge < -0.3 is 4.42 Å². The van der Waals surface area contributed by atoms with Crippen molar-refractivity contribution >= 4 is 67.2 Å². The molecule has 0 N–H and O–H groups in total. The molecule has 162 valence electrons. The minimum atomic E-state index is -0.374. The number of carbonyl (C=O) groups is 1. The molecule has 2 aromatic carbocycles. The Morgan fingerprint density at radius 2 is 2.03 bits per heavy atom. The summed E-state index contributed by atoms with van der Waals surface area (Å²) >= 11 is 2.89. The Balaban J connectivity index is 1.55. The predicted octanol–water partition coefficient (Wildman–Crippen LogP) is 5.85. The second-order valence-corrected chi connectivity index (χ2v) is 9.22. The summed E-state index contributed by atoms with van der Waals surface area (Å²) in [7, 11) is 0. The average Bonchev–Trinajstić information content (AvgIpc) is 3.49. The first-order valence-electron chi connectivity index (χ1n) is 10.1. The van der Waals surface area contributed by atoms with Crippen molar-refractivity contribution in [1.82, 2.24) is 4.98 Å². The fourth-order valence-electron chi connectivity index (χ4n) is 3.22. The van der Waals surface area contributed by atoms with Gasteiger partial charge >= 0.3 is 0 Å². The number of anilines is 1. The van der Waals surface area contributed by atoms with Gasteiger partial charge in [-0.2, -0.15) is 10.1 Å². The molecule has 6 nitrogen and oxygen atoms in total. The van der Waals surface area contributed by atoms with E-state index in [1.54, 1.807) is 30.3 Å². The Morgan fingerprint density at radius 3 is 2.88 bits per heavy atom. The van der Waals surface area contributed by atoms with Crippen molar-refractivity contribution < 1.29 is 9.21 Å². The lowest BCUT2D eigenvalue weighted by Gasteiger charge is -2.11. The standard InChI is InChI=1S/C25H17N3O3S2/c1-16-8-10-20-22(13-16)33-25(27-20)28(23(29)11-9-18-5-4-12-32-18)26-14-17-15-31-21-7-3-2-6-19(21)24(17)30/h2-15H,1H3/b11-9+,26-14+. The molecular weight excluding hydrogens is 454 g/mol. The molecule has 3 aromatic heterocycles. The van der Waals surface area contributed by atoms with Crippen LogP contribution in [-0.4, -0.2) is 17.1 Å². The molecule has 1 amide bonds. The lowest BCUT2D eigenvalue weighted by Crippen LogP contribution is -2.24. The molecule has 0 saturated heterocycles. The maximum absolute atomic E-state index is 13.1. The van der Waals surface area contributed by atoms with Gasteiger partial charge in [0, 0.05) is 11.0 Å². The van der Waals surface area contributed by atoms with E-state index in [4.69, 9.17) is 4.42 Å². The van der Waals surface area contributed by atoms with Crippen LogP contribution in [0.3, 0.4) is 0 Å². The number of hydrogen-bond donors (Lipinski definition) is 0. The SMILES string of the molecule is Cc1ccc2nc(N(/N=C/c3coc4ccccc4c3=O)C(=O)/C=C/c3cccs3)sc2c1. The Bertz CT molecular complexity index is 1580. The normalized spacial score (nSPS) is 11.8. The number of benzene rings is 2. The zero-order valence-corrected chi connectivity index (χ0v) is 19.1. The van der Waals surface area contributed by atoms with E-state index in [1.807, 2.05) is 42.6 Å². The van der Waals surface area contributed by atoms with E-state index in [-0.39, 0.29) is 16.9 Å². The van der Waals surface area contributed by atoms with Crippen molar-refractivity contribution in [3.63, 3.8) is 0 Å². The van der Waals surface area contributed by atoms with Gasteiger partial charge in [-0.1, -0.05) is 35.6 Å². The zero-order valence-electron chi connectivity index (χ0n) is 17.5. The second-order valence-electron chi connectivity index (χ2n) is 7.23. The number of para-hydroxylation sites is 1. The van der Waals surface area contributed by atoms with Gasteiger partial charge in [0.1, 0.15) is 11.8 Å². The molecule has 0 aliphatic carbocycles. The molecule has 0 radical (unpaired) electrons. The van der Waals surface area contributed by atoms with Crippen LogP contribution in [0, 0.1) is 6.92 Å². The fraction of sp³-hybridized carbons (Fsp3) is 0.0400. The molecule has 0 bridgehead atoms. The number of carbonyl (C=O) groups excluding carboxylic acids is 1. The molecule has 5 rings (SSSR count). The van der Waals surface area contributed by atoms with Crippen LogP contribution < -0.4 is 10.4 Å². The smallest absolute Gasteiger partial charge is 0.273 e. The number of nitrogens with zero attached hydrogens (tertiary/aromatic N) is 3. The number of thiophene rings is 1. The summed E-state index contributed by atoms with van der Waals surface area (Å²) in [5.41, 5.74) is 2.40. The maximum atomic E-state index is 13.1. The van der Waals surface area contributed by atoms with Gasteiger partial charge in [0.05, 0.1) is 27.4 Å². The number of hydrazone groups is 1. The van der Waals surface area contributed by atoms with Crippen LogP contribution in [0.25, 0.3) is 27.3 Å². The molecule has 0 saturated carbocycles. The lowest BCUT2D eigenvalue weighted by atomic mass is 10.2. The molecule has 8 heteroatoms. The molecule has 0 atom stereocenters. The lowest BCUT2D eigenvalue weighted by molar-refractivity contribution is -0.114. The van der Waals surface area contributed by atoms with Gasteiger partial charge in [-0.05, 0) is 54.3 Å². The minimum absolute atomic E-state index is 0.220. The molecule has 0 aliphatic heterocycles. The number of hydrogen-bond acceptors (Lipinski definition) is 7. The van der Waals surface area contributed by atoms with Crippen LogP contribution in [0.2, 0.25) is 0 Å². The number of aryl methyl sites for hydroxylation is 1. The third-order valence-corrected chi connectivity index (χ3v) is 6.71. The van der Waals surface area contributed by atoms with E-state index in [2.05, 4.69) is 10.1 Å². The van der Waals surface area contributed by atoms with Crippen molar-refractivity contribution in [1.29, 1.82) is 0 Å². The largest absolute Gasteiger partial charge is 0.463 e. The monoisotopic (exact) mass is 471 g/mol. The van der Waals surface area contributed by atoms with Gasteiger partial charge in [0.15, 0.2) is 0 Å². The maximum Gasteiger partial charge on any atom is 0.273 e. The van der Waals surface area contributed by atoms with Gasteiger partial charge in [0.2, 0.25) is 10.6 Å². The third kappa shape index (κ3) is 4.39. The summed E-state index contributed by atoms with van der Waals surface area (Å²) < 4.78 is 6.51. The van der Waals surface area contributed by atoms with Gasteiger partial charge in [-0.25, -0.2) is 4.98 Å². The zero-order chi connectivity index (χ0) is 22.8. The number of rotatable bonds is 5. The first-order chi connectivity index (χ1) is 16.1. The average molecular weight is 472 g/mol. The summed E-state index contributed by atoms with van der Waals surface area (Å²) in [6.45, 7) is 2.00. The predicted molar refractivity (Wildman–Crippen MR) is 135 cm³/mol. The van der Waals surface area contributed by atoms with Crippen LogP contribution in [0.5, 0.6) is 0 Å². The minimum Gasteiger partial charge on any atom is -0.463 e. The fourth-order valence-corrected chi connectivity index (χ4v) is 4.87. The Labute approximate surface area is 196 Å². The van der Waals surface area contributed by atoms with E-state index < -0.39 is 0 Å². The molecule has 3 heterocycles.